The topological polar surface area (TPSA) is 58.4 Å². The molecule has 1 saturated carbocycles. The molecule has 0 amide bonds. The highest BCUT2D eigenvalue weighted by molar-refractivity contribution is 7.18. The Morgan fingerprint density at radius 1 is 1.50 bits per heavy atom. The molecule has 2 aliphatic rings. The molecule has 1 aromatic rings. The highest BCUT2D eigenvalue weighted by Crippen LogP contribution is 2.38. The van der Waals surface area contributed by atoms with Gasteiger partial charge in [-0.15, -0.1) is 11.3 Å². The van der Waals surface area contributed by atoms with Crippen molar-refractivity contribution in [1.29, 1.82) is 0 Å². The van der Waals surface area contributed by atoms with Crippen molar-refractivity contribution in [1.82, 2.24) is 4.90 Å². The van der Waals surface area contributed by atoms with Crippen LogP contribution < -0.4 is 11.1 Å². The highest BCUT2D eigenvalue weighted by atomic mass is 32.1. The van der Waals surface area contributed by atoms with Crippen molar-refractivity contribution >= 4 is 27.8 Å². The van der Waals surface area contributed by atoms with Crippen LogP contribution >= 0.6 is 11.3 Å². The summed E-state index contributed by atoms with van der Waals surface area (Å²) in [6, 6.07) is 1.92. The molecule has 1 atom stereocenters. The third-order valence-electron chi connectivity index (χ3n) is 4.31. The van der Waals surface area contributed by atoms with Gasteiger partial charge in [0.1, 0.15) is 0 Å². The van der Waals surface area contributed by atoms with Gasteiger partial charge in [0.05, 0.1) is 15.6 Å². The van der Waals surface area contributed by atoms with Crippen molar-refractivity contribution in [3.05, 3.63) is 10.9 Å². The van der Waals surface area contributed by atoms with Gasteiger partial charge in [-0.2, -0.15) is 0 Å². The largest absolute Gasteiger partial charge is 0.397 e. The van der Waals surface area contributed by atoms with E-state index in [1.807, 2.05) is 6.07 Å². The maximum atomic E-state index is 12.1. The van der Waals surface area contributed by atoms with Crippen LogP contribution in [0.5, 0.6) is 0 Å². The molecule has 20 heavy (non-hydrogen) atoms. The first-order valence-electron chi connectivity index (χ1n) is 7.57. The van der Waals surface area contributed by atoms with Gasteiger partial charge in [0.2, 0.25) is 0 Å². The van der Waals surface area contributed by atoms with E-state index >= 15 is 0 Å². The van der Waals surface area contributed by atoms with Crippen LogP contribution in [-0.4, -0.2) is 36.9 Å². The number of nitrogens with zero attached hydrogens (tertiary/aromatic N) is 1. The minimum Gasteiger partial charge on any atom is -0.397 e. The predicted molar refractivity (Wildman–Crippen MR) is 84.5 cm³/mol. The zero-order chi connectivity index (χ0) is 14.1. The number of nitrogens with two attached hydrogens (primary N) is 1. The Bertz CT molecular complexity index is 495. The van der Waals surface area contributed by atoms with Gasteiger partial charge >= 0.3 is 0 Å². The molecule has 1 unspecified atom stereocenters. The second-order valence-electron chi connectivity index (χ2n) is 5.96. The normalized spacial score (nSPS) is 23.1. The summed E-state index contributed by atoms with van der Waals surface area (Å²) in [6.07, 6.45) is 3.33. The predicted octanol–water partition coefficient (Wildman–Crippen LogP) is 2.68. The maximum absolute atomic E-state index is 12.1. The summed E-state index contributed by atoms with van der Waals surface area (Å²) in [7, 11) is 0. The molecular weight excluding hydrogens is 270 g/mol. The third kappa shape index (κ3) is 2.99. The van der Waals surface area contributed by atoms with Gasteiger partial charge in [0, 0.05) is 19.0 Å². The number of Topliss-reactive ketones (excluding diaryl/α,β-unsaturated/α-hetero) is 1. The van der Waals surface area contributed by atoms with Gasteiger partial charge in [0.25, 0.3) is 0 Å². The van der Waals surface area contributed by atoms with Crippen molar-refractivity contribution in [2.45, 2.75) is 26.2 Å². The number of likely N-dealkylation sites (tertiary alicyclic amines) is 1. The molecule has 1 aliphatic carbocycles. The molecule has 5 heteroatoms. The average molecular weight is 293 g/mol. The monoisotopic (exact) mass is 293 g/mol. The zero-order valence-electron chi connectivity index (χ0n) is 12.0. The second-order valence-corrected chi connectivity index (χ2v) is 7.01. The molecule has 3 N–H and O–H groups in total. The Balaban J connectivity index is 1.55. The number of carbonyl (C=O) groups is 1. The zero-order valence-corrected chi connectivity index (χ0v) is 12.8. The standard InChI is InChI=1S/C15H23N3OS/c1-2-18-6-5-10(9-18)8-17-13-7-12(16)15(20-13)14(19)11-3-4-11/h7,10-11,17H,2-6,8-9,16H2,1H3. The minimum absolute atomic E-state index is 0.247. The fourth-order valence-corrected chi connectivity index (χ4v) is 3.83. The number of nitrogen functional groups attached to an aromatic ring is 1. The van der Waals surface area contributed by atoms with E-state index in [2.05, 4.69) is 17.1 Å². The van der Waals surface area contributed by atoms with E-state index in [1.54, 1.807) is 0 Å². The fourth-order valence-electron chi connectivity index (χ4n) is 2.83. The van der Waals surface area contributed by atoms with Crippen molar-refractivity contribution in [3.63, 3.8) is 0 Å². The summed E-state index contributed by atoms with van der Waals surface area (Å²) in [4.78, 5) is 15.3. The molecule has 3 rings (SSSR count). The lowest BCUT2D eigenvalue weighted by Crippen LogP contribution is -2.22. The molecule has 0 radical (unpaired) electrons. The van der Waals surface area contributed by atoms with Crippen molar-refractivity contribution in [3.8, 4) is 0 Å². The van der Waals surface area contributed by atoms with E-state index in [0.29, 0.717) is 11.6 Å². The summed E-state index contributed by atoms with van der Waals surface area (Å²) < 4.78 is 0. The van der Waals surface area contributed by atoms with E-state index in [9.17, 15) is 4.79 Å². The number of hydrogen-bond acceptors (Lipinski definition) is 5. The fraction of sp³-hybridized carbons (Fsp3) is 0.667. The van der Waals surface area contributed by atoms with Gasteiger partial charge in [-0.1, -0.05) is 6.92 Å². The van der Waals surface area contributed by atoms with Crippen LogP contribution in [0.4, 0.5) is 10.7 Å². The third-order valence-corrected chi connectivity index (χ3v) is 5.44. The lowest BCUT2D eigenvalue weighted by molar-refractivity contribution is 0.0972. The molecule has 0 aromatic carbocycles. The number of nitrogens with one attached hydrogen (secondary N) is 1. The molecule has 110 valence electrons. The van der Waals surface area contributed by atoms with Crippen LogP contribution in [-0.2, 0) is 0 Å². The Labute approximate surface area is 124 Å². The SMILES string of the molecule is CCN1CCC(CNc2cc(N)c(C(=O)C3CC3)s2)C1. The van der Waals surface area contributed by atoms with Crippen LogP contribution in [0.1, 0.15) is 35.9 Å². The molecule has 0 spiro atoms. The van der Waals surface area contributed by atoms with Gasteiger partial charge < -0.3 is 16.0 Å². The van der Waals surface area contributed by atoms with Gasteiger partial charge in [-0.3, -0.25) is 4.79 Å². The molecule has 2 heterocycles. The van der Waals surface area contributed by atoms with E-state index in [1.165, 1.54) is 30.8 Å². The van der Waals surface area contributed by atoms with Crippen LogP contribution in [0.3, 0.4) is 0 Å². The second kappa shape index (κ2) is 5.74. The summed E-state index contributed by atoms with van der Waals surface area (Å²) in [5.41, 5.74) is 6.63. The van der Waals surface area contributed by atoms with Gasteiger partial charge in [-0.05, 0) is 44.3 Å². The van der Waals surface area contributed by atoms with Crippen LogP contribution in [0.15, 0.2) is 6.07 Å². The first-order chi connectivity index (χ1) is 9.67. The number of carbonyl (C=O) groups excluding carboxylic acids is 1. The average Bonchev–Trinajstić information content (AvgIpc) is 3.08. The molecule has 1 aliphatic heterocycles. The van der Waals surface area contributed by atoms with E-state index < -0.39 is 0 Å². The van der Waals surface area contributed by atoms with Crippen molar-refractivity contribution in [2.24, 2.45) is 11.8 Å². The molecule has 1 aromatic heterocycles. The Hall–Kier alpha value is -1.07. The molecule has 4 nitrogen and oxygen atoms in total. The lowest BCUT2D eigenvalue weighted by Gasteiger charge is -2.13. The Morgan fingerprint density at radius 3 is 2.95 bits per heavy atom. The van der Waals surface area contributed by atoms with Crippen LogP contribution in [0, 0.1) is 11.8 Å². The quantitative estimate of drug-likeness (QED) is 0.792. The number of rotatable bonds is 6. The molecule has 1 saturated heterocycles. The van der Waals surface area contributed by atoms with Gasteiger partial charge in [-0.25, -0.2) is 0 Å². The Morgan fingerprint density at radius 2 is 2.30 bits per heavy atom. The summed E-state index contributed by atoms with van der Waals surface area (Å²) in [5, 5.41) is 4.51. The van der Waals surface area contributed by atoms with Gasteiger partial charge in [0.15, 0.2) is 5.78 Å². The first-order valence-corrected chi connectivity index (χ1v) is 8.38. The van der Waals surface area contributed by atoms with Crippen LogP contribution in [0.2, 0.25) is 0 Å². The molecule has 0 bridgehead atoms. The summed E-state index contributed by atoms with van der Waals surface area (Å²) in [5.74, 6) is 1.20. The van der Waals surface area contributed by atoms with Crippen molar-refractivity contribution < 1.29 is 4.79 Å². The first kappa shape index (κ1) is 13.9. The molecule has 2 fully saturated rings. The molecular formula is C15H23N3OS. The minimum atomic E-state index is 0.247. The summed E-state index contributed by atoms with van der Waals surface area (Å²) >= 11 is 1.53. The smallest absolute Gasteiger partial charge is 0.178 e. The number of anilines is 2. The highest BCUT2D eigenvalue weighted by Gasteiger charge is 2.32. The number of hydrogen-bond donors (Lipinski definition) is 2. The summed E-state index contributed by atoms with van der Waals surface area (Å²) in [6.45, 7) is 6.72. The number of thiophene rings is 1. The van der Waals surface area contributed by atoms with E-state index in [0.717, 1.165) is 35.8 Å². The van der Waals surface area contributed by atoms with E-state index in [-0.39, 0.29) is 11.7 Å². The Kier molecular flexibility index (Phi) is 3.98. The lowest BCUT2D eigenvalue weighted by atomic mass is 10.1. The van der Waals surface area contributed by atoms with Crippen molar-refractivity contribution in [2.75, 3.05) is 37.2 Å². The maximum Gasteiger partial charge on any atom is 0.178 e. The van der Waals surface area contributed by atoms with Crippen LogP contribution in [0.25, 0.3) is 0 Å². The number of ketones is 1. The van der Waals surface area contributed by atoms with E-state index in [4.69, 9.17) is 5.73 Å².